The standard InChI is InChI=1S/C26H24Cl2N4O/c1-32-16-29-15-25(32)26(31-33,18-7-9-20(27)10-8-18)19-13-23(17-4-2-5-21(28)12-17)22-6-3-11-30-24(22)14-19/h2,4-5,7-10,12-16,30-31,33H,3,6,11H2,1H3. The molecule has 3 aromatic carbocycles. The number of aromatic nitrogens is 2. The fourth-order valence-corrected chi connectivity index (χ4v) is 5.10. The van der Waals surface area contributed by atoms with E-state index in [1.165, 1.54) is 5.56 Å². The summed E-state index contributed by atoms with van der Waals surface area (Å²) in [4.78, 5) is 4.34. The number of imidazole rings is 1. The number of hydrogen-bond donors (Lipinski definition) is 3. The quantitative estimate of drug-likeness (QED) is 0.306. The van der Waals surface area contributed by atoms with Crippen molar-refractivity contribution >= 4 is 28.9 Å². The van der Waals surface area contributed by atoms with Gasteiger partial charge in [-0.15, -0.1) is 0 Å². The lowest BCUT2D eigenvalue weighted by Crippen LogP contribution is -2.44. The molecule has 1 atom stereocenters. The number of fused-ring (bicyclic) bond motifs is 1. The molecule has 1 aliphatic rings. The summed E-state index contributed by atoms with van der Waals surface area (Å²) in [6.45, 7) is 0.900. The van der Waals surface area contributed by atoms with Crippen LogP contribution in [0.4, 0.5) is 5.69 Å². The lowest BCUT2D eigenvalue weighted by molar-refractivity contribution is 0.0995. The summed E-state index contributed by atoms with van der Waals surface area (Å²) in [6, 6.07) is 19.6. The van der Waals surface area contributed by atoms with Crippen molar-refractivity contribution < 1.29 is 5.21 Å². The molecule has 1 unspecified atom stereocenters. The van der Waals surface area contributed by atoms with Crippen LogP contribution in [-0.2, 0) is 19.0 Å². The van der Waals surface area contributed by atoms with Gasteiger partial charge >= 0.3 is 0 Å². The van der Waals surface area contributed by atoms with E-state index in [2.05, 4.69) is 34.0 Å². The highest BCUT2D eigenvalue weighted by Crippen LogP contribution is 2.43. The number of hydrogen-bond acceptors (Lipinski definition) is 4. The van der Waals surface area contributed by atoms with Crippen LogP contribution in [-0.4, -0.2) is 21.3 Å². The lowest BCUT2D eigenvalue weighted by Gasteiger charge is -2.35. The van der Waals surface area contributed by atoms with Crippen LogP contribution in [0.3, 0.4) is 0 Å². The molecule has 0 amide bonds. The Labute approximate surface area is 203 Å². The molecule has 0 saturated carbocycles. The molecule has 2 heterocycles. The largest absolute Gasteiger partial charge is 0.385 e. The van der Waals surface area contributed by atoms with Crippen molar-refractivity contribution in [1.82, 2.24) is 15.0 Å². The number of anilines is 1. The molecule has 33 heavy (non-hydrogen) atoms. The molecule has 3 N–H and O–H groups in total. The van der Waals surface area contributed by atoms with Gasteiger partial charge in [0.05, 0.1) is 18.2 Å². The van der Waals surface area contributed by atoms with Crippen molar-refractivity contribution in [3.63, 3.8) is 0 Å². The fourth-order valence-electron chi connectivity index (χ4n) is 4.78. The van der Waals surface area contributed by atoms with Crippen molar-refractivity contribution in [1.29, 1.82) is 0 Å². The Bertz CT molecular complexity index is 1300. The normalized spacial score (nSPS) is 14.9. The van der Waals surface area contributed by atoms with E-state index in [4.69, 9.17) is 23.2 Å². The molecule has 4 aromatic rings. The third-order valence-electron chi connectivity index (χ3n) is 6.38. The van der Waals surface area contributed by atoms with Crippen LogP contribution in [0.25, 0.3) is 11.1 Å². The molecule has 1 aliphatic heterocycles. The third kappa shape index (κ3) is 3.81. The van der Waals surface area contributed by atoms with Gasteiger partial charge in [0.15, 0.2) is 0 Å². The predicted octanol–water partition coefficient (Wildman–Crippen LogP) is 6.02. The van der Waals surface area contributed by atoms with E-state index < -0.39 is 5.54 Å². The smallest absolute Gasteiger partial charge is 0.134 e. The van der Waals surface area contributed by atoms with E-state index in [-0.39, 0.29) is 0 Å². The molecule has 168 valence electrons. The van der Waals surface area contributed by atoms with Crippen LogP contribution < -0.4 is 10.8 Å². The topological polar surface area (TPSA) is 62.1 Å². The van der Waals surface area contributed by atoms with Crippen LogP contribution in [0.1, 0.15) is 28.8 Å². The average molecular weight is 479 g/mol. The van der Waals surface area contributed by atoms with Gasteiger partial charge in [0.2, 0.25) is 0 Å². The van der Waals surface area contributed by atoms with Crippen LogP contribution >= 0.6 is 23.2 Å². The number of nitrogens with one attached hydrogen (secondary N) is 2. The zero-order valence-electron chi connectivity index (χ0n) is 18.1. The number of hydroxylamine groups is 1. The van der Waals surface area contributed by atoms with E-state index in [1.54, 1.807) is 12.5 Å². The maximum Gasteiger partial charge on any atom is 0.134 e. The van der Waals surface area contributed by atoms with Gasteiger partial charge in [0.1, 0.15) is 5.54 Å². The van der Waals surface area contributed by atoms with Gasteiger partial charge in [-0.3, -0.25) is 0 Å². The molecule has 0 aliphatic carbocycles. The van der Waals surface area contributed by atoms with Gasteiger partial charge in [-0.25, -0.2) is 4.98 Å². The van der Waals surface area contributed by atoms with Crippen molar-refractivity contribution in [2.45, 2.75) is 18.4 Å². The van der Waals surface area contributed by atoms with E-state index in [1.807, 2.05) is 54.1 Å². The molecule has 7 heteroatoms. The highest BCUT2D eigenvalue weighted by atomic mass is 35.5. The summed E-state index contributed by atoms with van der Waals surface area (Å²) in [6.07, 6.45) is 5.52. The number of rotatable bonds is 5. The summed E-state index contributed by atoms with van der Waals surface area (Å²) in [5, 5.41) is 15.7. The fraction of sp³-hybridized carbons (Fsp3) is 0.192. The molecular weight excluding hydrogens is 455 g/mol. The van der Waals surface area contributed by atoms with E-state index in [0.717, 1.165) is 53.0 Å². The first-order valence-corrected chi connectivity index (χ1v) is 11.6. The Hall–Kier alpha value is -2.83. The summed E-state index contributed by atoms with van der Waals surface area (Å²) in [5.41, 5.74) is 8.52. The van der Waals surface area contributed by atoms with Gasteiger partial charge in [-0.05, 0) is 77.1 Å². The molecule has 5 nitrogen and oxygen atoms in total. The molecule has 0 bridgehead atoms. The summed E-state index contributed by atoms with van der Waals surface area (Å²) < 4.78 is 1.91. The molecule has 1 aromatic heterocycles. The second-order valence-corrected chi connectivity index (χ2v) is 9.22. The van der Waals surface area contributed by atoms with Crippen LogP contribution in [0.5, 0.6) is 0 Å². The minimum atomic E-state index is -1.07. The van der Waals surface area contributed by atoms with Gasteiger partial charge < -0.3 is 15.1 Å². The average Bonchev–Trinajstić information content (AvgIpc) is 3.26. The SMILES string of the molecule is Cn1cncc1C(NO)(c1ccc(Cl)cc1)c1cc2c(c(-c3cccc(Cl)c3)c1)CCCN2. The monoisotopic (exact) mass is 478 g/mol. The van der Waals surface area contributed by atoms with Gasteiger partial charge in [0.25, 0.3) is 0 Å². The number of nitrogens with zero attached hydrogens (tertiary/aromatic N) is 2. The molecular formula is C26H24Cl2N4O. The second-order valence-electron chi connectivity index (χ2n) is 8.35. The lowest BCUT2D eigenvalue weighted by atomic mass is 9.78. The van der Waals surface area contributed by atoms with E-state index >= 15 is 0 Å². The number of halogens is 2. The Morgan fingerprint density at radius 3 is 2.55 bits per heavy atom. The van der Waals surface area contributed by atoms with E-state index in [0.29, 0.717) is 10.0 Å². The maximum absolute atomic E-state index is 10.8. The Kier molecular flexibility index (Phi) is 5.89. The van der Waals surface area contributed by atoms with Crippen molar-refractivity contribution in [2.24, 2.45) is 7.05 Å². The minimum Gasteiger partial charge on any atom is -0.385 e. The number of benzene rings is 3. The third-order valence-corrected chi connectivity index (χ3v) is 6.87. The Balaban J connectivity index is 1.83. The number of aryl methyl sites for hydroxylation is 1. The highest BCUT2D eigenvalue weighted by Gasteiger charge is 2.40. The van der Waals surface area contributed by atoms with Crippen LogP contribution in [0, 0.1) is 0 Å². The summed E-state index contributed by atoms with van der Waals surface area (Å²) in [5.74, 6) is 0. The summed E-state index contributed by atoms with van der Waals surface area (Å²) >= 11 is 12.6. The summed E-state index contributed by atoms with van der Waals surface area (Å²) in [7, 11) is 1.92. The van der Waals surface area contributed by atoms with Gasteiger partial charge in [-0.2, -0.15) is 5.48 Å². The Morgan fingerprint density at radius 1 is 1.03 bits per heavy atom. The molecule has 0 saturated heterocycles. The molecule has 0 radical (unpaired) electrons. The zero-order valence-corrected chi connectivity index (χ0v) is 19.7. The first-order valence-electron chi connectivity index (χ1n) is 10.8. The van der Waals surface area contributed by atoms with Crippen LogP contribution in [0.15, 0.2) is 73.2 Å². The highest BCUT2D eigenvalue weighted by molar-refractivity contribution is 6.31. The Morgan fingerprint density at radius 2 is 1.85 bits per heavy atom. The van der Waals surface area contributed by atoms with Gasteiger partial charge in [0, 0.05) is 29.3 Å². The predicted molar refractivity (Wildman–Crippen MR) is 133 cm³/mol. The van der Waals surface area contributed by atoms with Gasteiger partial charge in [-0.1, -0.05) is 47.5 Å². The molecule has 0 fully saturated rings. The van der Waals surface area contributed by atoms with Crippen LogP contribution in [0.2, 0.25) is 10.0 Å². The maximum atomic E-state index is 10.8. The molecule has 5 rings (SSSR count). The van der Waals surface area contributed by atoms with Crippen molar-refractivity contribution in [2.75, 3.05) is 11.9 Å². The zero-order chi connectivity index (χ0) is 23.0. The first kappa shape index (κ1) is 22.0. The molecule has 0 spiro atoms. The van der Waals surface area contributed by atoms with Crippen molar-refractivity contribution in [3.8, 4) is 11.1 Å². The minimum absolute atomic E-state index is 0.627. The first-order chi connectivity index (χ1) is 16.0. The second kappa shape index (κ2) is 8.84. The van der Waals surface area contributed by atoms with E-state index in [9.17, 15) is 5.21 Å². The van der Waals surface area contributed by atoms with Crippen molar-refractivity contribution in [3.05, 3.63) is 106 Å².